The van der Waals surface area contributed by atoms with Crippen LogP contribution in [0.4, 0.5) is 8.78 Å². The molecule has 1 amide bonds. The number of hydrogen-bond donors (Lipinski definition) is 1. The highest BCUT2D eigenvalue weighted by atomic mass is 35.7. The third kappa shape index (κ3) is 4.04. The molecule has 1 aliphatic rings. The van der Waals surface area contributed by atoms with Crippen LogP contribution >= 0.6 is 10.7 Å². The van der Waals surface area contributed by atoms with E-state index in [0.29, 0.717) is 11.3 Å². The number of benzene rings is 1. The van der Waals surface area contributed by atoms with Crippen LogP contribution in [0.2, 0.25) is 0 Å². The average Bonchev–Trinajstić information content (AvgIpc) is 2.42. The molecule has 5 nitrogen and oxygen atoms in total. The Morgan fingerprint density at radius 2 is 2.19 bits per heavy atom. The number of carbonyl (C=O) groups is 1. The van der Waals surface area contributed by atoms with Crippen LogP contribution in [-0.2, 0) is 20.3 Å². The molecule has 1 heterocycles. The van der Waals surface area contributed by atoms with Gasteiger partial charge in [-0.05, 0) is 30.2 Å². The zero-order chi connectivity index (χ0) is 15.6. The average molecular weight is 340 g/mol. The molecule has 1 atom stereocenters. The molecule has 9 heteroatoms. The summed E-state index contributed by atoms with van der Waals surface area (Å²) >= 11 is 0. The molecule has 1 N–H and O–H groups in total. The Bertz CT molecular complexity index is 651. The largest absolute Gasteiger partial charge is 0.492 e. The van der Waals surface area contributed by atoms with E-state index in [-0.39, 0.29) is 17.9 Å². The molecule has 0 radical (unpaired) electrons. The van der Waals surface area contributed by atoms with Crippen molar-refractivity contribution in [1.82, 2.24) is 5.32 Å². The first-order valence-corrected chi connectivity index (χ1v) is 8.34. The highest BCUT2D eigenvalue weighted by Gasteiger charge is 2.27. The fourth-order valence-electron chi connectivity index (χ4n) is 2.01. The summed E-state index contributed by atoms with van der Waals surface area (Å²) in [4.78, 5) is 11.6. The minimum atomic E-state index is -3.88. The number of fused-ring (bicyclic) bond motifs is 1. The number of rotatable bonds is 4. The van der Waals surface area contributed by atoms with Crippen LogP contribution in [0, 0.1) is 5.92 Å². The summed E-state index contributed by atoms with van der Waals surface area (Å²) < 4.78 is 52.0. The van der Waals surface area contributed by atoms with Crippen molar-refractivity contribution in [1.29, 1.82) is 0 Å². The van der Waals surface area contributed by atoms with E-state index in [9.17, 15) is 22.0 Å². The number of nitrogens with one attached hydrogen (secondary N) is 1. The van der Waals surface area contributed by atoms with Crippen molar-refractivity contribution in [2.75, 3.05) is 13.2 Å². The molecule has 0 saturated heterocycles. The second kappa shape index (κ2) is 6.15. The van der Waals surface area contributed by atoms with Gasteiger partial charge in [-0.2, -0.15) is 0 Å². The van der Waals surface area contributed by atoms with Gasteiger partial charge >= 0.3 is 0 Å². The lowest BCUT2D eigenvalue weighted by Gasteiger charge is -2.24. The zero-order valence-electron chi connectivity index (χ0n) is 10.7. The van der Waals surface area contributed by atoms with E-state index < -0.39 is 33.8 Å². The van der Waals surface area contributed by atoms with Crippen LogP contribution < -0.4 is 10.1 Å². The molecule has 0 fully saturated rings. The molecule has 1 aliphatic heterocycles. The van der Waals surface area contributed by atoms with Crippen molar-refractivity contribution in [2.45, 2.75) is 17.7 Å². The van der Waals surface area contributed by atoms with E-state index in [1.807, 2.05) is 0 Å². The second-order valence-electron chi connectivity index (χ2n) is 4.56. The number of ether oxygens (including phenoxy) is 1. The molecular weight excluding hydrogens is 328 g/mol. The molecular formula is C12H12ClF2NO4S. The van der Waals surface area contributed by atoms with Gasteiger partial charge in [-0.3, -0.25) is 4.79 Å². The van der Waals surface area contributed by atoms with Gasteiger partial charge in [0.1, 0.15) is 12.4 Å². The van der Waals surface area contributed by atoms with Gasteiger partial charge < -0.3 is 10.1 Å². The predicted octanol–water partition coefficient (Wildman–Crippen LogP) is 1.55. The van der Waals surface area contributed by atoms with Gasteiger partial charge in [0.2, 0.25) is 5.91 Å². The Labute approximate surface area is 124 Å². The predicted molar refractivity (Wildman–Crippen MR) is 71.2 cm³/mol. The normalized spacial score (nSPS) is 18.0. The highest BCUT2D eigenvalue weighted by molar-refractivity contribution is 8.13. The molecule has 2 rings (SSSR count). The van der Waals surface area contributed by atoms with Crippen LogP contribution in [0.15, 0.2) is 23.1 Å². The van der Waals surface area contributed by atoms with Gasteiger partial charge in [-0.15, -0.1) is 0 Å². The fraction of sp³-hybridized carbons (Fsp3) is 0.417. The number of halogens is 3. The highest BCUT2D eigenvalue weighted by Crippen LogP contribution is 2.30. The lowest BCUT2D eigenvalue weighted by Crippen LogP contribution is -2.39. The van der Waals surface area contributed by atoms with Crippen molar-refractivity contribution < 1.29 is 26.7 Å². The van der Waals surface area contributed by atoms with Crippen molar-refractivity contribution in [3.63, 3.8) is 0 Å². The molecule has 1 aromatic carbocycles. The minimum Gasteiger partial charge on any atom is -0.492 e. The fourth-order valence-corrected chi connectivity index (χ4v) is 2.81. The standard InChI is InChI=1S/C12H12ClF2NO4S/c13-21(18,19)9-1-2-10-7(4-9)3-8(6-20-10)12(17)16-5-11(14)15/h1-2,4,8,11H,3,5-6H2,(H,16,17). The first-order chi connectivity index (χ1) is 9.77. The maximum absolute atomic E-state index is 12.1. The summed E-state index contributed by atoms with van der Waals surface area (Å²) in [5, 5.41) is 2.11. The monoisotopic (exact) mass is 339 g/mol. The Hall–Kier alpha value is -1.41. The van der Waals surface area contributed by atoms with Crippen molar-refractivity contribution in [3.05, 3.63) is 23.8 Å². The van der Waals surface area contributed by atoms with E-state index in [4.69, 9.17) is 15.4 Å². The maximum atomic E-state index is 12.1. The Morgan fingerprint density at radius 1 is 1.48 bits per heavy atom. The summed E-state index contributed by atoms with van der Waals surface area (Å²) in [6, 6.07) is 4.08. The van der Waals surface area contributed by atoms with Gasteiger partial charge in [-0.25, -0.2) is 17.2 Å². The summed E-state index contributed by atoms with van der Waals surface area (Å²) in [5.74, 6) is -0.749. The summed E-state index contributed by atoms with van der Waals surface area (Å²) in [6.07, 6.45) is -2.43. The third-order valence-electron chi connectivity index (χ3n) is 3.02. The molecule has 116 valence electrons. The maximum Gasteiger partial charge on any atom is 0.261 e. The molecule has 0 saturated carbocycles. The van der Waals surface area contributed by atoms with Gasteiger partial charge in [0, 0.05) is 10.7 Å². The first kappa shape index (κ1) is 16.0. The third-order valence-corrected chi connectivity index (χ3v) is 4.37. The van der Waals surface area contributed by atoms with Gasteiger partial charge in [0.25, 0.3) is 15.5 Å². The lowest BCUT2D eigenvalue weighted by atomic mass is 9.96. The molecule has 0 aromatic heterocycles. The molecule has 1 aromatic rings. The van der Waals surface area contributed by atoms with Crippen molar-refractivity contribution in [3.8, 4) is 5.75 Å². The summed E-state index contributed by atoms with van der Waals surface area (Å²) in [6.45, 7) is -0.673. The molecule has 0 aliphatic carbocycles. The van der Waals surface area contributed by atoms with Gasteiger partial charge in [0.05, 0.1) is 17.4 Å². The van der Waals surface area contributed by atoms with Crippen LogP contribution in [0.1, 0.15) is 5.56 Å². The van der Waals surface area contributed by atoms with Crippen molar-refractivity contribution in [2.24, 2.45) is 5.92 Å². The molecule has 1 unspecified atom stereocenters. The quantitative estimate of drug-likeness (QED) is 0.845. The Balaban J connectivity index is 2.13. The SMILES string of the molecule is O=C(NCC(F)F)C1COc2ccc(S(=O)(=O)Cl)cc2C1. The van der Waals surface area contributed by atoms with Crippen LogP contribution in [-0.4, -0.2) is 33.9 Å². The van der Waals surface area contributed by atoms with Crippen LogP contribution in [0.5, 0.6) is 5.75 Å². The van der Waals surface area contributed by atoms with E-state index in [2.05, 4.69) is 5.32 Å². The van der Waals surface area contributed by atoms with Crippen LogP contribution in [0.25, 0.3) is 0 Å². The Kier molecular flexibility index (Phi) is 4.67. The minimum absolute atomic E-state index is 0.0506. The number of amides is 1. The smallest absolute Gasteiger partial charge is 0.261 e. The van der Waals surface area contributed by atoms with E-state index in [1.165, 1.54) is 18.2 Å². The number of hydrogen-bond acceptors (Lipinski definition) is 4. The summed E-state index contributed by atoms with van der Waals surface area (Å²) in [5.41, 5.74) is 0.500. The second-order valence-corrected chi connectivity index (χ2v) is 7.12. The van der Waals surface area contributed by atoms with E-state index in [0.717, 1.165) is 0 Å². The van der Waals surface area contributed by atoms with Crippen molar-refractivity contribution >= 4 is 25.6 Å². The topological polar surface area (TPSA) is 72.5 Å². The van der Waals surface area contributed by atoms with E-state index >= 15 is 0 Å². The first-order valence-electron chi connectivity index (χ1n) is 6.03. The molecule has 0 bridgehead atoms. The zero-order valence-corrected chi connectivity index (χ0v) is 12.3. The Morgan fingerprint density at radius 3 is 2.81 bits per heavy atom. The van der Waals surface area contributed by atoms with Gasteiger partial charge in [0.15, 0.2) is 0 Å². The van der Waals surface area contributed by atoms with E-state index in [1.54, 1.807) is 0 Å². The molecule has 21 heavy (non-hydrogen) atoms. The summed E-state index contributed by atoms with van der Waals surface area (Å²) in [7, 11) is 1.37. The van der Waals surface area contributed by atoms with Gasteiger partial charge in [-0.1, -0.05) is 0 Å². The molecule has 0 spiro atoms. The number of carbonyl (C=O) groups excluding carboxylic acids is 1. The number of alkyl halides is 2. The lowest BCUT2D eigenvalue weighted by molar-refractivity contribution is -0.126. The van der Waals surface area contributed by atoms with Crippen LogP contribution in [0.3, 0.4) is 0 Å².